The number of aromatic nitrogens is 1. The molecule has 0 aliphatic heterocycles. The van der Waals surface area contributed by atoms with Crippen molar-refractivity contribution in [1.82, 2.24) is 4.57 Å². The molecule has 0 amide bonds. The molecule has 1 heterocycles. The smallest absolute Gasteiger partial charge is 0.0497 e. The molecule has 21 heavy (non-hydrogen) atoms. The lowest BCUT2D eigenvalue weighted by atomic mass is 10.2. The fraction of sp³-hybridized carbons (Fsp3) is 0.222. The van der Waals surface area contributed by atoms with E-state index in [1.807, 2.05) is 11.8 Å². The quantitative estimate of drug-likeness (QED) is 0.720. The number of para-hydroxylation sites is 1. The van der Waals surface area contributed by atoms with Gasteiger partial charge in [-0.25, -0.2) is 0 Å². The summed E-state index contributed by atoms with van der Waals surface area (Å²) in [7, 11) is 0. The molecule has 0 radical (unpaired) electrons. The summed E-state index contributed by atoms with van der Waals surface area (Å²) >= 11 is 1.86. The fourth-order valence-electron chi connectivity index (χ4n) is 2.71. The van der Waals surface area contributed by atoms with Crippen LogP contribution in [0.15, 0.2) is 59.5 Å². The van der Waals surface area contributed by atoms with Crippen LogP contribution in [0.2, 0.25) is 0 Å². The van der Waals surface area contributed by atoms with E-state index in [1.54, 1.807) is 0 Å². The van der Waals surface area contributed by atoms with Crippen molar-refractivity contribution in [2.24, 2.45) is 5.73 Å². The van der Waals surface area contributed by atoms with Gasteiger partial charge in [0.2, 0.25) is 0 Å². The molecule has 3 aromatic rings. The molecule has 0 saturated carbocycles. The third-order valence-electron chi connectivity index (χ3n) is 3.72. The predicted molar refractivity (Wildman–Crippen MR) is 92.0 cm³/mol. The van der Waals surface area contributed by atoms with Crippen molar-refractivity contribution < 1.29 is 0 Å². The Morgan fingerprint density at radius 2 is 1.71 bits per heavy atom. The highest BCUT2D eigenvalue weighted by molar-refractivity contribution is 7.99. The summed E-state index contributed by atoms with van der Waals surface area (Å²) in [5.41, 5.74) is 9.64. The molecular formula is C18H20N2S. The average Bonchev–Trinajstić information content (AvgIpc) is 2.79. The second kappa shape index (κ2) is 6.37. The van der Waals surface area contributed by atoms with Crippen LogP contribution >= 0.6 is 11.8 Å². The van der Waals surface area contributed by atoms with E-state index in [9.17, 15) is 0 Å². The summed E-state index contributed by atoms with van der Waals surface area (Å²) < 4.78 is 2.41. The Morgan fingerprint density at radius 3 is 2.48 bits per heavy atom. The van der Waals surface area contributed by atoms with E-state index in [-0.39, 0.29) is 0 Å². The maximum atomic E-state index is 5.67. The van der Waals surface area contributed by atoms with E-state index in [2.05, 4.69) is 66.1 Å². The number of benzene rings is 2. The Balaban J connectivity index is 2.07. The van der Waals surface area contributed by atoms with Crippen LogP contribution in [-0.4, -0.2) is 16.9 Å². The Kier molecular flexibility index (Phi) is 4.32. The molecule has 0 saturated heterocycles. The molecule has 0 aliphatic carbocycles. The first-order valence-electron chi connectivity index (χ1n) is 7.26. The molecule has 2 N–H and O–H groups in total. The summed E-state index contributed by atoms with van der Waals surface area (Å²) in [6, 6.07) is 19.3. The molecule has 0 aliphatic rings. The zero-order valence-electron chi connectivity index (χ0n) is 12.3. The van der Waals surface area contributed by atoms with Crippen molar-refractivity contribution in [3.63, 3.8) is 0 Å². The van der Waals surface area contributed by atoms with Crippen molar-refractivity contribution in [2.75, 3.05) is 12.3 Å². The van der Waals surface area contributed by atoms with Crippen LogP contribution < -0.4 is 5.73 Å². The Bertz CT molecular complexity index is 732. The lowest BCUT2D eigenvalue weighted by Crippen LogP contribution is -2.03. The van der Waals surface area contributed by atoms with Crippen molar-refractivity contribution in [3.05, 3.63) is 65.9 Å². The van der Waals surface area contributed by atoms with Gasteiger partial charge >= 0.3 is 0 Å². The highest BCUT2D eigenvalue weighted by Gasteiger charge is 2.13. The van der Waals surface area contributed by atoms with Gasteiger partial charge < -0.3 is 10.3 Å². The minimum atomic E-state index is 0.711. The van der Waals surface area contributed by atoms with Gasteiger partial charge in [0.05, 0.1) is 0 Å². The Labute approximate surface area is 130 Å². The molecule has 0 atom stereocenters. The van der Waals surface area contributed by atoms with E-state index in [0.29, 0.717) is 6.54 Å². The van der Waals surface area contributed by atoms with Gasteiger partial charge in [-0.15, -0.1) is 11.8 Å². The number of nitrogens with two attached hydrogens (primary N) is 1. The van der Waals surface area contributed by atoms with E-state index in [0.717, 1.165) is 12.3 Å². The summed E-state index contributed by atoms with van der Waals surface area (Å²) in [5.74, 6) is 0.959. The van der Waals surface area contributed by atoms with Crippen LogP contribution in [0.5, 0.6) is 0 Å². The molecule has 2 nitrogen and oxygen atoms in total. The van der Waals surface area contributed by atoms with Crippen molar-refractivity contribution in [2.45, 2.75) is 18.4 Å². The normalized spacial score (nSPS) is 11.1. The molecule has 3 rings (SSSR count). The molecule has 2 aromatic carbocycles. The van der Waals surface area contributed by atoms with Gasteiger partial charge in [-0.1, -0.05) is 48.5 Å². The first kappa shape index (κ1) is 14.2. The van der Waals surface area contributed by atoms with E-state index in [1.165, 1.54) is 27.1 Å². The third kappa shape index (κ3) is 2.85. The fourth-order valence-corrected chi connectivity index (χ4v) is 3.68. The summed E-state index contributed by atoms with van der Waals surface area (Å²) in [6.45, 7) is 3.83. The van der Waals surface area contributed by atoms with Crippen molar-refractivity contribution in [1.29, 1.82) is 0 Å². The lowest BCUT2D eigenvalue weighted by molar-refractivity contribution is 0.794. The molecule has 0 fully saturated rings. The van der Waals surface area contributed by atoms with Crippen LogP contribution in [0.1, 0.15) is 11.3 Å². The summed E-state index contributed by atoms with van der Waals surface area (Å²) in [4.78, 5) is 1.37. The van der Waals surface area contributed by atoms with Gasteiger partial charge in [-0.05, 0) is 18.6 Å². The van der Waals surface area contributed by atoms with Crippen LogP contribution in [0.25, 0.3) is 10.9 Å². The minimum absolute atomic E-state index is 0.711. The Hall–Kier alpha value is -1.71. The number of fused-ring (bicyclic) bond motifs is 1. The summed E-state index contributed by atoms with van der Waals surface area (Å²) in [5, 5.41) is 1.34. The van der Waals surface area contributed by atoms with Gasteiger partial charge in [0.25, 0.3) is 0 Å². The second-order valence-electron chi connectivity index (χ2n) is 5.14. The topological polar surface area (TPSA) is 30.9 Å². The predicted octanol–water partition coefficient (Wildman–Crippen LogP) is 4.05. The largest absolute Gasteiger partial charge is 0.339 e. The van der Waals surface area contributed by atoms with E-state index < -0.39 is 0 Å². The summed E-state index contributed by atoms with van der Waals surface area (Å²) in [6.07, 6.45) is 0. The van der Waals surface area contributed by atoms with Crippen LogP contribution in [0, 0.1) is 6.92 Å². The lowest BCUT2D eigenvalue weighted by Gasteiger charge is -2.09. The molecular weight excluding hydrogens is 276 g/mol. The van der Waals surface area contributed by atoms with Gasteiger partial charge in [0.1, 0.15) is 0 Å². The van der Waals surface area contributed by atoms with E-state index in [4.69, 9.17) is 5.73 Å². The molecule has 1 aromatic heterocycles. The van der Waals surface area contributed by atoms with E-state index >= 15 is 0 Å². The SMILES string of the molecule is Cc1c(SCCN)c2ccccc2n1Cc1ccccc1. The third-order valence-corrected chi connectivity index (χ3v) is 4.96. The van der Waals surface area contributed by atoms with Gasteiger partial charge in [-0.3, -0.25) is 0 Å². The first-order chi connectivity index (χ1) is 10.3. The average molecular weight is 296 g/mol. The molecule has 0 bridgehead atoms. The van der Waals surface area contributed by atoms with Crippen LogP contribution in [0.4, 0.5) is 0 Å². The Morgan fingerprint density at radius 1 is 1.00 bits per heavy atom. The van der Waals surface area contributed by atoms with Gasteiger partial charge in [0.15, 0.2) is 0 Å². The highest BCUT2D eigenvalue weighted by atomic mass is 32.2. The first-order valence-corrected chi connectivity index (χ1v) is 8.24. The maximum Gasteiger partial charge on any atom is 0.0497 e. The van der Waals surface area contributed by atoms with Gasteiger partial charge in [0, 0.05) is 40.3 Å². The molecule has 3 heteroatoms. The number of nitrogens with zero attached hydrogens (tertiary/aromatic N) is 1. The number of thioether (sulfide) groups is 1. The minimum Gasteiger partial charge on any atom is -0.339 e. The maximum absolute atomic E-state index is 5.67. The van der Waals surface area contributed by atoms with Gasteiger partial charge in [-0.2, -0.15) is 0 Å². The monoisotopic (exact) mass is 296 g/mol. The standard InChI is InChI=1S/C18H20N2S/c1-14-18(21-12-11-19)16-9-5-6-10-17(16)20(14)13-15-7-3-2-4-8-15/h2-10H,11-13,19H2,1H3. The van der Waals surface area contributed by atoms with Crippen molar-refractivity contribution >= 4 is 22.7 Å². The second-order valence-corrected chi connectivity index (χ2v) is 6.25. The molecule has 0 spiro atoms. The number of hydrogen-bond donors (Lipinski definition) is 1. The molecule has 108 valence electrons. The van der Waals surface area contributed by atoms with Crippen LogP contribution in [0.3, 0.4) is 0 Å². The zero-order chi connectivity index (χ0) is 14.7. The highest BCUT2D eigenvalue weighted by Crippen LogP contribution is 2.34. The van der Waals surface area contributed by atoms with Crippen LogP contribution in [-0.2, 0) is 6.54 Å². The van der Waals surface area contributed by atoms with Crippen molar-refractivity contribution in [3.8, 4) is 0 Å². The molecule has 0 unspecified atom stereocenters. The number of hydrogen-bond acceptors (Lipinski definition) is 2. The zero-order valence-corrected chi connectivity index (χ0v) is 13.1. The number of rotatable bonds is 5.